The summed E-state index contributed by atoms with van der Waals surface area (Å²) in [4.78, 5) is 24.0. The first-order chi connectivity index (χ1) is 9.04. The van der Waals surface area contributed by atoms with Crippen molar-refractivity contribution in [2.24, 2.45) is 5.73 Å². The van der Waals surface area contributed by atoms with Gasteiger partial charge in [0.1, 0.15) is 6.54 Å². The molecule has 1 saturated carbocycles. The summed E-state index contributed by atoms with van der Waals surface area (Å²) in [5, 5.41) is 11.6. The van der Waals surface area contributed by atoms with E-state index in [2.05, 4.69) is 5.32 Å². The number of carboxylic acid groups (broad SMARTS) is 1. The number of nitrogens with one attached hydrogen (secondary N) is 1. The minimum Gasteiger partial charge on any atom is -0.480 e. The van der Waals surface area contributed by atoms with Crippen LogP contribution >= 0.6 is 0 Å². The van der Waals surface area contributed by atoms with E-state index in [1.807, 2.05) is 0 Å². The molecule has 0 aromatic heterocycles. The topological polar surface area (TPSA) is 105 Å². The van der Waals surface area contributed by atoms with Crippen LogP contribution in [0.3, 0.4) is 0 Å². The van der Waals surface area contributed by atoms with Gasteiger partial charge in [-0.2, -0.15) is 0 Å². The number of methoxy groups -OCH3 is 1. The van der Waals surface area contributed by atoms with E-state index in [9.17, 15) is 9.59 Å². The van der Waals surface area contributed by atoms with Crippen LogP contribution in [0.15, 0.2) is 0 Å². The van der Waals surface area contributed by atoms with Crippen LogP contribution in [0.2, 0.25) is 0 Å². The molecule has 1 fully saturated rings. The summed E-state index contributed by atoms with van der Waals surface area (Å²) in [7, 11) is 1.51. The lowest BCUT2D eigenvalue weighted by molar-refractivity contribution is -0.137. The molecule has 4 N–H and O–H groups in total. The number of carboxylic acids is 1. The van der Waals surface area contributed by atoms with E-state index < -0.39 is 5.97 Å². The smallest absolute Gasteiger partial charge is 0.323 e. The maximum absolute atomic E-state index is 12.0. The predicted molar refractivity (Wildman–Crippen MR) is 69.8 cm³/mol. The monoisotopic (exact) mass is 273 g/mol. The lowest BCUT2D eigenvalue weighted by Crippen LogP contribution is -2.54. The first-order valence-corrected chi connectivity index (χ1v) is 6.56. The van der Waals surface area contributed by atoms with Gasteiger partial charge < -0.3 is 25.8 Å². The number of carbonyl (C=O) groups excluding carboxylic acids is 1. The molecule has 0 heterocycles. The predicted octanol–water partition coefficient (Wildman–Crippen LogP) is -0.00110. The van der Waals surface area contributed by atoms with Gasteiger partial charge in [-0.15, -0.1) is 0 Å². The van der Waals surface area contributed by atoms with Crippen molar-refractivity contribution in [3.63, 3.8) is 0 Å². The van der Waals surface area contributed by atoms with Gasteiger partial charge >= 0.3 is 12.0 Å². The zero-order valence-electron chi connectivity index (χ0n) is 11.3. The first kappa shape index (κ1) is 15.7. The molecule has 1 aliphatic rings. The minimum atomic E-state index is -1.04. The van der Waals surface area contributed by atoms with Gasteiger partial charge in [-0.1, -0.05) is 12.8 Å². The molecule has 0 saturated heterocycles. The number of carbonyl (C=O) groups is 2. The second kappa shape index (κ2) is 7.96. The normalized spacial score (nSPS) is 22.8. The molecule has 0 spiro atoms. The van der Waals surface area contributed by atoms with Gasteiger partial charge in [0.2, 0.25) is 0 Å². The summed E-state index contributed by atoms with van der Waals surface area (Å²) in [5.74, 6) is -1.04. The molecule has 2 atom stereocenters. The van der Waals surface area contributed by atoms with Crippen LogP contribution < -0.4 is 11.1 Å². The number of nitrogens with zero attached hydrogens (tertiary/aromatic N) is 1. The summed E-state index contributed by atoms with van der Waals surface area (Å²) in [6.45, 7) is 0.213. The third-order valence-electron chi connectivity index (χ3n) is 3.31. The molecular weight excluding hydrogens is 250 g/mol. The summed E-state index contributed by atoms with van der Waals surface area (Å²) < 4.78 is 4.88. The van der Waals surface area contributed by atoms with Gasteiger partial charge in [-0.25, -0.2) is 4.79 Å². The van der Waals surface area contributed by atoms with Crippen LogP contribution in [-0.4, -0.2) is 60.9 Å². The number of hydrogen-bond donors (Lipinski definition) is 3. The molecule has 2 amide bonds. The molecule has 1 aliphatic carbocycles. The second-order valence-corrected chi connectivity index (χ2v) is 4.81. The number of ether oxygens (including phenoxy) is 1. The van der Waals surface area contributed by atoms with Gasteiger partial charge in [0, 0.05) is 25.7 Å². The molecule has 0 aliphatic heterocycles. The molecule has 110 valence electrons. The largest absolute Gasteiger partial charge is 0.480 e. The molecule has 0 aromatic rings. The molecule has 7 nitrogen and oxygen atoms in total. The fraction of sp³-hybridized carbons (Fsp3) is 0.833. The highest BCUT2D eigenvalue weighted by Crippen LogP contribution is 2.17. The van der Waals surface area contributed by atoms with Crippen molar-refractivity contribution in [1.82, 2.24) is 10.2 Å². The van der Waals surface area contributed by atoms with Gasteiger partial charge in [-0.05, 0) is 12.8 Å². The highest BCUT2D eigenvalue weighted by Gasteiger charge is 2.26. The van der Waals surface area contributed by atoms with Crippen molar-refractivity contribution in [2.45, 2.75) is 37.8 Å². The summed E-state index contributed by atoms with van der Waals surface area (Å²) >= 11 is 0. The Morgan fingerprint density at radius 3 is 2.68 bits per heavy atom. The Labute approximate surface area is 113 Å². The molecule has 1 rings (SSSR count). The standard InChI is InChI=1S/C12H23N3O4/c1-19-7-6-15(8-11(16)17)12(18)14-10-5-3-2-4-9(10)13/h9-10H,2-8,13H2,1H3,(H,14,18)(H,16,17). The molecule has 2 unspecified atom stereocenters. The number of urea groups is 1. The Hall–Kier alpha value is -1.34. The molecule has 7 heteroatoms. The molecular formula is C12H23N3O4. The van der Waals surface area contributed by atoms with Crippen LogP contribution in [0.4, 0.5) is 4.79 Å². The fourth-order valence-electron chi connectivity index (χ4n) is 2.21. The van der Waals surface area contributed by atoms with E-state index in [1.54, 1.807) is 0 Å². The van der Waals surface area contributed by atoms with Crippen molar-refractivity contribution in [3.8, 4) is 0 Å². The zero-order chi connectivity index (χ0) is 14.3. The number of hydrogen-bond acceptors (Lipinski definition) is 4. The molecule has 19 heavy (non-hydrogen) atoms. The Balaban J connectivity index is 2.51. The highest BCUT2D eigenvalue weighted by atomic mass is 16.5. The van der Waals surface area contributed by atoms with Crippen molar-refractivity contribution in [1.29, 1.82) is 0 Å². The Morgan fingerprint density at radius 2 is 2.11 bits per heavy atom. The maximum atomic E-state index is 12.0. The van der Waals surface area contributed by atoms with Crippen LogP contribution in [0.1, 0.15) is 25.7 Å². The van der Waals surface area contributed by atoms with Crippen LogP contribution in [0, 0.1) is 0 Å². The average molecular weight is 273 g/mol. The van der Waals surface area contributed by atoms with Crippen molar-refractivity contribution in [2.75, 3.05) is 26.8 Å². The third-order valence-corrected chi connectivity index (χ3v) is 3.31. The van der Waals surface area contributed by atoms with Crippen molar-refractivity contribution >= 4 is 12.0 Å². The van der Waals surface area contributed by atoms with E-state index in [1.165, 1.54) is 12.0 Å². The number of amides is 2. The van der Waals surface area contributed by atoms with Crippen molar-refractivity contribution < 1.29 is 19.4 Å². The van der Waals surface area contributed by atoms with E-state index in [-0.39, 0.29) is 31.2 Å². The zero-order valence-corrected chi connectivity index (χ0v) is 11.3. The van der Waals surface area contributed by atoms with Gasteiger partial charge in [0.25, 0.3) is 0 Å². The Morgan fingerprint density at radius 1 is 1.42 bits per heavy atom. The van der Waals surface area contributed by atoms with E-state index in [0.717, 1.165) is 25.7 Å². The van der Waals surface area contributed by atoms with Gasteiger partial charge in [0.05, 0.1) is 6.61 Å². The molecule has 0 aromatic carbocycles. The lowest BCUT2D eigenvalue weighted by Gasteiger charge is -2.31. The number of aliphatic carboxylic acids is 1. The van der Waals surface area contributed by atoms with Crippen molar-refractivity contribution in [3.05, 3.63) is 0 Å². The van der Waals surface area contributed by atoms with Gasteiger partial charge in [0.15, 0.2) is 0 Å². The Kier molecular flexibility index (Phi) is 6.58. The first-order valence-electron chi connectivity index (χ1n) is 6.56. The number of rotatable bonds is 6. The number of nitrogens with two attached hydrogens (primary N) is 1. The van der Waals surface area contributed by atoms with Crippen LogP contribution in [0.25, 0.3) is 0 Å². The quantitative estimate of drug-likeness (QED) is 0.631. The third kappa shape index (κ3) is 5.44. The fourth-order valence-corrected chi connectivity index (χ4v) is 2.21. The minimum absolute atomic E-state index is 0.0493. The van der Waals surface area contributed by atoms with Gasteiger partial charge in [-0.3, -0.25) is 4.79 Å². The van der Waals surface area contributed by atoms with Crippen LogP contribution in [0.5, 0.6) is 0 Å². The second-order valence-electron chi connectivity index (χ2n) is 4.81. The molecule has 0 bridgehead atoms. The Bertz CT molecular complexity index is 311. The average Bonchev–Trinajstić information content (AvgIpc) is 2.36. The summed E-state index contributed by atoms with van der Waals surface area (Å²) in [6.07, 6.45) is 3.85. The summed E-state index contributed by atoms with van der Waals surface area (Å²) in [5.41, 5.74) is 5.95. The van der Waals surface area contributed by atoms with E-state index >= 15 is 0 Å². The van der Waals surface area contributed by atoms with E-state index in [4.69, 9.17) is 15.6 Å². The lowest BCUT2D eigenvalue weighted by atomic mass is 9.91. The highest BCUT2D eigenvalue weighted by molar-refractivity contribution is 5.80. The SMILES string of the molecule is COCCN(CC(=O)O)C(=O)NC1CCCCC1N. The van der Waals surface area contributed by atoms with E-state index in [0.29, 0.717) is 6.61 Å². The maximum Gasteiger partial charge on any atom is 0.323 e. The molecule has 0 radical (unpaired) electrons. The summed E-state index contributed by atoms with van der Waals surface area (Å²) in [6, 6.07) is -0.506. The van der Waals surface area contributed by atoms with Crippen LogP contribution in [-0.2, 0) is 9.53 Å².